The van der Waals surface area contributed by atoms with Crippen molar-refractivity contribution in [1.82, 2.24) is 0 Å². The first kappa shape index (κ1) is 16.6. The zero-order valence-corrected chi connectivity index (χ0v) is 15.0. The van der Waals surface area contributed by atoms with Gasteiger partial charge in [0.2, 0.25) is 0 Å². The first-order valence-electron chi connectivity index (χ1n) is 9.74. The van der Waals surface area contributed by atoms with Crippen molar-refractivity contribution in [2.24, 2.45) is 34.5 Å². The lowest BCUT2D eigenvalue weighted by Gasteiger charge is -2.62. The summed E-state index contributed by atoms with van der Waals surface area (Å²) >= 11 is 0. The van der Waals surface area contributed by atoms with Crippen molar-refractivity contribution in [1.29, 1.82) is 0 Å². The van der Waals surface area contributed by atoms with Gasteiger partial charge in [0.25, 0.3) is 0 Å². The summed E-state index contributed by atoms with van der Waals surface area (Å²) in [6.07, 6.45) is 8.47. The third-order valence-electron chi connectivity index (χ3n) is 8.21. The molecule has 1 unspecified atom stereocenters. The molecule has 4 saturated carbocycles. The number of carbonyl (C=O) groups excluding carboxylic acids is 1. The molecule has 0 spiro atoms. The first-order valence-corrected chi connectivity index (χ1v) is 9.74. The molecule has 2 N–H and O–H groups in total. The molecule has 6 atom stereocenters. The highest BCUT2D eigenvalue weighted by molar-refractivity contribution is 5.81. The highest BCUT2D eigenvalue weighted by Gasteiger charge is 2.67. The highest BCUT2D eigenvalue weighted by Crippen LogP contribution is 2.67. The van der Waals surface area contributed by atoms with Crippen LogP contribution in [-0.4, -0.2) is 21.8 Å². The molecule has 0 radical (unpaired) electrons. The quantitative estimate of drug-likeness (QED) is 0.529. The molecular weight excluding hydrogens is 300 g/mol. The number of Topliss-reactive ketones (excluding diaryl/α,β-unsaturated/α-hetero) is 1. The third-order valence-corrected chi connectivity index (χ3v) is 8.21. The van der Waals surface area contributed by atoms with Crippen molar-refractivity contribution >= 4 is 5.78 Å². The molecule has 4 fully saturated rings. The van der Waals surface area contributed by atoms with Crippen molar-refractivity contribution in [3.05, 3.63) is 0 Å². The molecule has 0 saturated heterocycles. The topological polar surface area (TPSA) is 57.5 Å². The van der Waals surface area contributed by atoms with Crippen LogP contribution in [0.2, 0.25) is 0 Å². The molecule has 4 rings (SSSR count). The van der Waals surface area contributed by atoms with Gasteiger partial charge in [-0.2, -0.15) is 0 Å². The Bertz CT molecular complexity index is 612. The molecule has 0 aromatic rings. The lowest BCUT2D eigenvalue weighted by atomic mass is 9.43. The van der Waals surface area contributed by atoms with E-state index in [1.165, 1.54) is 25.7 Å². The predicted molar refractivity (Wildman–Crippen MR) is 91.7 cm³/mol. The highest BCUT2D eigenvalue weighted by atomic mass is 16.5. The van der Waals surface area contributed by atoms with Crippen LogP contribution in [0.15, 0.2) is 0 Å². The molecule has 3 nitrogen and oxygen atoms in total. The SMILES string of the molecule is CC#C[C@]12C(CC[C@H]3[C@@H]4CCC[C@@]4(C)CC[C@@H]31)CC(=O)CC2(O)O. The summed E-state index contributed by atoms with van der Waals surface area (Å²) < 4.78 is 0. The van der Waals surface area contributed by atoms with Crippen LogP contribution in [0.3, 0.4) is 0 Å². The van der Waals surface area contributed by atoms with E-state index in [9.17, 15) is 15.0 Å². The van der Waals surface area contributed by atoms with E-state index in [2.05, 4.69) is 18.8 Å². The van der Waals surface area contributed by atoms with E-state index >= 15 is 0 Å². The number of hydrogen-bond acceptors (Lipinski definition) is 3. The van der Waals surface area contributed by atoms with Crippen molar-refractivity contribution in [2.45, 2.75) is 77.4 Å². The summed E-state index contributed by atoms with van der Waals surface area (Å²) in [5.74, 6) is 5.80. The van der Waals surface area contributed by atoms with Crippen LogP contribution in [-0.2, 0) is 4.79 Å². The average molecular weight is 330 g/mol. The summed E-state index contributed by atoms with van der Waals surface area (Å²) in [6, 6.07) is 0. The Morgan fingerprint density at radius 2 is 1.88 bits per heavy atom. The molecule has 0 aliphatic heterocycles. The van der Waals surface area contributed by atoms with Gasteiger partial charge < -0.3 is 10.2 Å². The van der Waals surface area contributed by atoms with Crippen molar-refractivity contribution < 1.29 is 15.0 Å². The van der Waals surface area contributed by atoms with Crippen LogP contribution >= 0.6 is 0 Å². The summed E-state index contributed by atoms with van der Waals surface area (Å²) in [7, 11) is 0. The minimum atomic E-state index is -1.97. The van der Waals surface area contributed by atoms with Crippen LogP contribution in [0, 0.1) is 46.3 Å². The number of carbonyl (C=O) groups is 1. The van der Waals surface area contributed by atoms with Crippen LogP contribution in [0.4, 0.5) is 0 Å². The van der Waals surface area contributed by atoms with Gasteiger partial charge in [-0.1, -0.05) is 19.3 Å². The number of aliphatic hydroxyl groups is 2. The van der Waals surface area contributed by atoms with Gasteiger partial charge in [-0.3, -0.25) is 4.79 Å². The summed E-state index contributed by atoms with van der Waals surface area (Å²) in [5, 5.41) is 22.0. The van der Waals surface area contributed by atoms with Gasteiger partial charge in [-0.15, -0.1) is 5.92 Å². The molecule has 3 heteroatoms. The van der Waals surface area contributed by atoms with Crippen LogP contribution in [0.5, 0.6) is 0 Å². The maximum absolute atomic E-state index is 12.1. The monoisotopic (exact) mass is 330 g/mol. The summed E-state index contributed by atoms with van der Waals surface area (Å²) in [6.45, 7) is 4.24. The van der Waals surface area contributed by atoms with E-state index < -0.39 is 11.2 Å². The summed E-state index contributed by atoms with van der Waals surface area (Å²) in [5.41, 5.74) is -0.366. The Morgan fingerprint density at radius 3 is 2.62 bits per heavy atom. The molecule has 4 aliphatic rings. The number of fused-ring (bicyclic) bond motifs is 5. The van der Waals surface area contributed by atoms with Gasteiger partial charge >= 0.3 is 0 Å². The van der Waals surface area contributed by atoms with Gasteiger partial charge in [0.05, 0.1) is 11.8 Å². The molecule has 0 amide bonds. The largest absolute Gasteiger partial charge is 0.364 e. The Kier molecular flexibility index (Phi) is 3.68. The van der Waals surface area contributed by atoms with Crippen molar-refractivity contribution in [2.75, 3.05) is 0 Å². The Balaban J connectivity index is 1.80. The molecule has 132 valence electrons. The average Bonchev–Trinajstić information content (AvgIpc) is 2.89. The lowest BCUT2D eigenvalue weighted by Crippen LogP contribution is -2.65. The predicted octanol–water partition coefficient (Wildman–Crippen LogP) is 3.28. The van der Waals surface area contributed by atoms with Crippen molar-refractivity contribution in [3.63, 3.8) is 0 Å². The second-order valence-electron chi connectivity index (χ2n) is 9.22. The fourth-order valence-corrected chi connectivity index (χ4v) is 7.33. The van der Waals surface area contributed by atoms with Gasteiger partial charge in [0.15, 0.2) is 5.79 Å². The number of rotatable bonds is 0. The maximum atomic E-state index is 12.1. The smallest absolute Gasteiger partial charge is 0.187 e. The van der Waals surface area contributed by atoms with Gasteiger partial charge in [0, 0.05) is 6.42 Å². The Labute approximate surface area is 145 Å². The van der Waals surface area contributed by atoms with E-state index in [0.717, 1.165) is 19.3 Å². The van der Waals surface area contributed by atoms with E-state index in [1.807, 2.05) is 0 Å². The molecule has 0 aromatic heterocycles. The zero-order valence-electron chi connectivity index (χ0n) is 15.0. The van der Waals surface area contributed by atoms with Gasteiger partial charge in [0.1, 0.15) is 5.78 Å². The maximum Gasteiger partial charge on any atom is 0.187 e. The van der Waals surface area contributed by atoms with E-state index in [-0.39, 0.29) is 24.0 Å². The lowest BCUT2D eigenvalue weighted by molar-refractivity contribution is -0.287. The molecule has 24 heavy (non-hydrogen) atoms. The number of ketones is 1. The molecule has 0 heterocycles. The van der Waals surface area contributed by atoms with Crippen LogP contribution < -0.4 is 0 Å². The minimum Gasteiger partial charge on any atom is -0.364 e. The fraction of sp³-hybridized carbons (Fsp3) is 0.857. The molecular formula is C21H30O3. The summed E-state index contributed by atoms with van der Waals surface area (Å²) in [4.78, 5) is 12.1. The second kappa shape index (κ2) is 5.32. The van der Waals surface area contributed by atoms with E-state index in [0.29, 0.717) is 23.7 Å². The van der Waals surface area contributed by atoms with E-state index in [4.69, 9.17) is 0 Å². The fourth-order valence-electron chi connectivity index (χ4n) is 7.33. The van der Waals surface area contributed by atoms with Gasteiger partial charge in [-0.25, -0.2) is 0 Å². The molecule has 0 bridgehead atoms. The van der Waals surface area contributed by atoms with Crippen LogP contribution in [0.25, 0.3) is 0 Å². The number of hydrogen-bond donors (Lipinski definition) is 2. The zero-order chi connectivity index (χ0) is 17.2. The first-order chi connectivity index (χ1) is 11.3. The second-order valence-corrected chi connectivity index (χ2v) is 9.22. The normalized spacial score (nSPS) is 49.4. The van der Waals surface area contributed by atoms with Crippen LogP contribution in [0.1, 0.15) is 71.6 Å². The molecule has 0 aromatic carbocycles. The third kappa shape index (κ3) is 2.02. The Hall–Kier alpha value is -0.850. The van der Waals surface area contributed by atoms with E-state index in [1.54, 1.807) is 6.92 Å². The minimum absolute atomic E-state index is 0.00760. The standard InChI is InChI=1S/C21H30O3/c1-3-9-20-14(12-15(22)13-21(20,23)24)6-7-16-17-5-4-10-19(17,2)11-8-18(16)20/h14,16-18,23-24H,4-8,10-13H2,1-2H3/t14?,16-,17-,18-,19-,20-/m0/s1. The Morgan fingerprint density at radius 1 is 1.08 bits per heavy atom. The van der Waals surface area contributed by atoms with Gasteiger partial charge in [-0.05, 0) is 74.5 Å². The molecule has 4 aliphatic carbocycles. The van der Waals surface area contributed by atoms with Crippen molar-refractivity contribution in [3.8, 4) is 11.8 Å².